The second-order valence-electron chi connectivity index (χ2n) is 5.74. The molecule has 0 amide bonds. The van der Waals surface area contributed by atoms with Gasteiger partial charge >= 0.3 is 5.97 Å². The number of hydrogen-bond donors (Lipinski definition) is 1. The van der Waals surface area contributed by atoms with E-state index in [1.165, 1.54) is 7.11 Å². The highest BCUT2D eigenvalue weighted by Crippen LogP contribution is 2.18. The fourth-order valence-corrected chi connectivity index (χ4v) is 3.38. The largest absolute Gasteiger partial charge is 0.496 e. The molecule has 0 aliphatic carbocycles. The Bertz CT molecular complexity index is 928. The van der Waals surface area contributed by atoms with E-state index in [0.717, 1.165) is 24.3 Å². The Morgan fingerprint density at radius 2 is 1.75 bits per heavy atom. The van der Waals surface area contributed by atoms with Gasteiger partial charge in [0.1, 0.15) is 11.6 Å². The van der Waals surface area contributed by atoms with Crippen molar-refractivity contribution in [2.75, 3.05) is 20.3 Å². The molecule has 7 nitrogen and oxygen atoms in total. The number of ether oxygens (including phenoxy) is 2. The van der Waals surface area contributed by atoms with Gasteiger partial charge in [0.2, 0.25) is 15.8 Å². The van der Waals surface area contributed by atoms with Crippen molar-refractivity contribution in [1.82, 2.24) is 4.72 Å². The van der Waals surface area contributed by atoms with Crippen molar-refractivity contribution in [2.24, 2.45) is 0 Å². The number of esters is 1. The third kappa shape index (κ3) is 6.14. The average Bonchev–Trinajstić information content (AvgIpc) is 2.69. The van der Waals surface area contributed by atoms with Crippen molar-refractivity contribution < 1.29 is 31.9 Å². The Hall–Kier alpha value is -2.78. The van der Waals surface area contributed by atoms with Gasteiger partial charge in [-0.3, -0.25) is 9.59 Å². The van der Waals surface area contributed by atoms with Crippen LogP contribution in [0.4, 0.5) is 4.39 Å². The molecule has 0 saturated carbocycles. The minimum absolute atomic E-state index is 0.00470. The van der Waals surface area contributed by atoms with Gasteiger partial charge in [-0.15, -0.1) is 0 Å². The fourth-order valence-electron chi connectivity index (χ4n) is 2.31. The van der Waals surface area contributed by atoms with Crippen LogP contribution in [-0.2, 0) is 19.6 Å². The highest BCUT2D eigenvalue weighted by Gasteiger charge is 2.15. The number of Topliss-reactive ketones (excluding diaryl/α,β-unsaturated/α-hetero) is 1. The summed E-state index contributed by atoms with van der Waals surface area (Å²) in [7, 11) is -2.35. The Kier molecular flexibility index (Phi) is 7.65. The van der Waals surface area contributed by atoms with Crippen LogP contribution in [0.2, 0.25) is 0 Å². The Morgan fingerprint density at radius 3 is 2.43 bits per heavy atom. The number of nitrogens with one attached hydrogen (secondary N) is 1. The second-order valence-corrected chi connectivity index (χ2v) is 7.51. The molecule has 2 aromatic rings. The molecule has 2 rings (SSSR count). The lowest BCUT2D eigenvalue weighted by molar-refractivity contribution is -0.142. The summed E-state index contributed by atoms with van der Waals surface area (Å²) in [6, 6.07) is 11.0. The van der Waals surface area contributed by atoms with Gasteiger partial charge < -0.3 is 9.47 Å². The molecule has 0 unspecified atom stereocenters. The summed E-state index contributed by atoms with van der Waals surface area (Å²) in [5.41, 5.74) is 0.310. The number of para-hydroxylation sites is 1. The lowest BCUT2D eigenvalue weighted by Gasteiger charge is -2.08. The molecule has 0 heterocycles. The third-order valence-electron chi connectivity index (χ3n) is 3.75. The van der Waals surface area contributed by atoms with Crippen LogP contribution in [0.5, 0.6) is 5.75 Å². The first-order valence-corrected chi connectivity index (χ1v) is 9.89. The van der Waals surface area contributed by atoms with Crippen LogP contribution in [0, 0.1) is 5.82 Å². The van der Waals surface area contributed by atoms with Crippen molar-refractivity contribution in [2.45, 2.75) is 17.7 Å². The maximum absolute atomic E-state index is 12.9. The van der Waals surface area contributed by atoms with Crippen LogP contribution < -0.4 is 9.46 Å². The van der Waals surface area contributed by atoms with Gasteiger partial charge in [-0.25, -0.2) is 17.5 Å². The molecular formula is C19H20FNO6S. The van der Waals surface area contributed by atoms with E-state index in [1.54, 1.807) is 24.3 Å². The van der Waals surface area contributed by atoms with Gasteiger partial charge in [-0.1, -0.05) is 12.1 Å². The Labute approximate surface area is 162 Å². The molecule has 0 spiro atoms. The SMILES string of the molecule is COc1ccccc1C(=O)COC(=O)CCCNS(=O)(=O)c1ccc(F)cc1. The van der Waals surface area contributed by atoms with Gasteiger partial charge in [-0.2, -0.15) is 0 Å². The number of hydrogen-bond acceptors (Lipinski definition) is 6. The van der Waals surface area contributed by atoms with Gasteiger partial charge in [0.15, 0.2) is 6.61 Å². The smallest absolute Gasteiger partial charge is 0.306 e. The van der Waals surface area contributed by atoms with E-state index in [1.807, 2.05) is 0 Å². The maximum atomic E-state index is 12.9. The maximum Gasteiger partial charge on any atom is 0.306 e. The number of carbonyl (C=O) groups is 2. The first kappa shape index (κ1) is 21.5. The molecule has 9 heteroatoms. The number of methoxy groups -OCH3 is 1. The van der Waals surface area contributed by atoms with Gasteiger partial charge in [-0.05, 0) is 42.8 Å². The molecule has 0 aromatic heterocycles. The molecule has 0 fully saturated rings. The third-order valence-corrected chi connectivity index (χ3v) is 5.22. The number of rotatable bonds is 10. The number of sulfonamides is 1. The molecule has 0 radical (unpaired) electrons. The zero-order valence-electron chi connectivity index (χ0n) is 15.2. The summed E-state index contributed by atoms with van der Waals surface area (Å²) in [4.78, 5) is 23.8. The molecule has 2 aromatic carbocycles. The molecule has 0 aliphatic rings. The molecule has 150 valence electrons. The van der Waals surface area contributed by atoms with Gasteiger partial charge in [0.25, 0.3) is 0 Å². The van der Waals surface area contributed by atoms with Crippen molar-refractivity contribution >= 4 is 21.8 Å². The van der Waals surface area contributed by atoms with E-state index in [9.17, 15) is 22.4 Å². The lowest BCUT2D eigenvalue weighted by atomic mass is 10.1. The average molecular weight is 409 g/mol. The minimum atomic E-state index is -3.78. The van der Waals surface area contributed by atoms with E-state index in [2.05, 4.69) is 4.72 Å². The van der Waals surface area contributed by atoms with Crippen LogP contribution >= 0.6 is 0 Å². The summed E-state index contributed by atoms with van der Waals surface area (Å²) in [5, 5.41) is 0. The van der Waals surface area contributed by atoms with Crippen molar-refractivity contribution in [1.29, 1.82) is 0 Å². The molecule has 0 atom stereocenters. The summed E-state index contributed by atoms with van der Waals surface area (Å²) in [5.74, 6) is -1.17. The summed E-state index contributed by atoms with van der Waals surface area (Å²) in [6.07, 6.45) is 0.118. The number of ketones is 1. The van der Waals surface area contributed by atoms with Gasteiger partial charge in [0, 0.05) is 13.0 Å². The molecule has 0 bridgehead atoms. The van der Waals surface area contributed by atoms with Crippen LogP contribution in [0.25, 0.3) is 0 Å². The van der Waals surface area contributed by atoms with Crippen LogP contribution in [0.3, 0.4) is 0 Å². The topological polar surface area (TPSA) is 98.8 Å². The van der Waals surface area contributed by atoms with E-state index in [0.29, 0.717) is 11.3 Å². The predicted octanol–water partition coefficient (Wildman–Crippen LogP) is 2.32. The highest BCUT2D eigenvalue weighted by molar-refractivity contribution is 7.89. The summed E-state index contributed by atoms with van der Waals surface area (Å²) >= 11 is 0. The zero-order valence-corrected chi connectivity index (χ0v) is 16.0. The zero-order chi connectivity index (χ0) is 20.6. The van der Waals surface area contributed by atoms with Gasteiger partial charge in [0.05, 0.1) is 17.6 Å². The molecule has 1 N–H and O–H groups in total. The van der Waals surface area contributed by atoms with Crippen LogP contribution in [0.1, 0.15) is 23.2 Å². The first-order valence-electron chi connectivity index (χ1n) is 8.40. The van der Waals surface area contributed by atoms with Crippen LogP contribution in [-0.4, -0.2) is 40.4 Å². The van der Waals surface area contributed by atoms with E-state index >= 15 is 0 Å². The van der Waals surface area contributed by atoms with E-state index in [4.69, 9.17) is 9.47 Å². The first-order chi connectivity index (χ1) is 13.3. The monoisotopic (exact) mass is 409 g/mol. The minimum Gasteiger partial charge on any atom is -0.496 e. The summed E-state index contributed by atoms with van der Waals surface area (Å²) in [6.45, 7) is -0.435. The molecule has 0 aliphatic heterocycles. The predicted molar refractivity (Wildman–Crippen MR) is 99.1 cm³/mol. The summed E-state index contributed by atoms with van der Waals surface area (Å²) < 4.78 is 49.2. The normalized spacial score (nSPS) is 11.1. The fraction of sp³-hybridized carbons (Fsp3) is 0.263. The Balaban J connectivity index is 1.74. The molecule has 0 saturated heterocycles. The van der Waals surface area contributed by atoms with Crippen molar-refractivity contribution in [3.63, 3.8) is 0 Å². The quantitative estimate of drug-likeness (QED) is 0.367. The molecular weight excluding hydrogens is 389 g/mol. The number of carbonyl (C=O) groups excluding carboxylic acids is 2. The Morgan fingerprint density at radius 1 is 1.07 bits per heavy atom. The second kappa shape index (κ2) is 9.95. The highest BCUT2D eigenvalue weighted by atomic mass is 32.2. The van der Waals surface area contributed by atoms with E-state index in [-0.39, 0.29) is 24.3 Å². The standard InChI is InChI=1S/C19H20FNO6S/c1-26-18-6-3-2-5-16(18)17(22)13-27-19(23)7-4-12-21-28(24,25)15-10-8-14(20)9-11-15/h2-3,5-6,8-11,21H,4,7,12-13H2,1H3. The lowest BCUT2D eigenvalue weighted by Crippen LogP contribution is -2.25. The van der Waals surface area contributed by atoms with E-state index < -0.39 is 34.2 Å². The van der Waals surface area contributed by atoms with Crippen molar-refractivity contribution in [3.8, 4) is 5.75 Å². The number of benzene rings is 2. The van der Waals surface area contributed by atoms with Crippen molar-refractivity contribution in [3.05, 3.63) is 59.9 Å². The van der Waals surface area contributed by atoms with Crippen LogP contribution in [0.15, 0.2) is 53.4 Å². The molecule has 28 heavy (non-hydrogen) atoms. The number of halogens is 1.